The number of methoxy groups -OCH3 is 1. The lowest BCUT2D eigenvalue weighted by atomic mass is 10.1. The van der Waals surface area contributed by atoms with Crippen LogP contribution in [0.4, 0.5) is 16.2 Å². The molecule has 0 unspecified atom stereocenters. The van der Waals surface area contributed by atoms with Crippen LogP contribution >= 0.6 is 0 Å². The lowest BCUT2D eigenvalue weighted by Gasteiger charge is -2.37. The maximum Gasteiger partial charge on any atom is 0.411 e. The third kappa shape index (κ3) is 5.45. The van der Waals surface area contributed by atoms with Crippen LogP contribution in [0.1, 0.15) is 27.1 Å². The van der Waals surface area contributed by atoms with E-state index in [2.05, 4.69) is 20.5 Å². The molecule has 0 bridgehead atoms. The van der Waals surface area contributed by atoms with Gasteiger partial charge in [0.1, 0.15) is 0 Å². The summed E-state index contributed by atoms with van der Waals surface area (Å²) in [5.74, 6) is -0.108. The maximum atomic E-state index is 13.1. The summed E-state index contributed by atoms with van der Waals surface area (Å²) in [7, 11) is 1.30. The second-order valence-electron chi connectivity index (χ2n) is 8.27. The molecule has 0 atom stereocenters. The third-order valence-electron chi connectivity index (χ3n) is 6.11. The number of rotatable bonds is 4. The van der Waals surface area contributed by atoms with Crippen LogP contribution in [0.3, 0.4) is 0 Å². The van der Waals surface area contributed by atoms with E-state index in [-0.39, 0.29) is 11.8 Å². The second-order valence-corrected chi connectivity index (χ2v) is 8.27. The molecule has 0 saturated carbocycles. The smallest absolute Gasteiger partial charge is 0.411 e. The van der Waals surface area contributed by atoms with Crippen molar-refractivity contribution in [2.24, 2.45) is 0 Å². The van der Waals surface area contributed by atoms with Crippen LogP contribution < -0.4 is 15.5 Å². The van der Waals surface area contributed by atoms with Crippen LogP contribution in [0.5, 0.6) is 0 Å². The zero-order valence-corrected chi connectivity index (χ0v) is 19.3. The molecular weight excluding hydrogens is 436 g/mol. The highest BCUT2D eigenvalue weighted by Gasteiger charge is 2.25. The fourth-order valence-corrected chi connectivity index (χ4v) is 4.26. The highest BCUT2D eigenvalue weighted by atomic mass is 16.5. The van der Waals surface area contributed by atoms with Gasteiger partial charge < -0.3 is 24.8 Å². The fourth-order valence-electron chi connectivity index (χ4n) is 4.26. The molecule has 2 saturated heterocycles. The van der Waals surface area contributed by atoms with Gasteiger partial charge in [0.05, 0.1) is 24.0 Å². The molecule has 3 amide bonds. The van der Waals surface area contributed by atoms with Crippen molar-refractivity contribution in [3.05, 3.63) is 53.9 Å². The molecule has 2 N–H and O–H groups in total. The summed E-state index contributed by atoms with van der Waals surface area (Å²) >= 11 is 0. The molecular formula is C24H30N6O4. The number of hydrogen-bond donors (Lipinski definition) is 2. The van der Waals surface area contributed by atoms with E-state index < -0.39 is 6.09 Å². The van der Waals surface area contributed by atoms with E-state index in [0.717, 1.165) is 25.2 Å². The van der Waals surface area contributed by atoms with Crippen molar-refractivity contribution in [1.29, 1.82) is 0 Å². The van der Waals surface area contributed by atoms with Crippen LogP contribution in [0.15, 0.2) is 42.7 Å². The standard InChI is InChI=1S/C24H30N6O4/c1-34-24(33)27-20-16-18(22(31)29-10-3-8-25-9-11-29)5-6-21(20)28-12-14-30(15-13-28)23(32)19-4-2-7-26-17-19/h2,4-7,16-17,25H,3,8-15H2,1H3,(H,27,33). The lowest BCUT2D eigenvalue weighted by molar-refractivity contribution is 0.0743. The zero-order chi connectivity index (χ0) is 23.9. The Labute approximate surface area is 198 Å². The molecule has 4 rings (SSSR count). The van der Waals surface area contributed by atoms with Crippen molar-refractivity contribution in [2.75, 3.05) is 69.7 Å². The van der Waals surface area contributed by atoms with Crippen molar-refractivity contribution >= 4 is 29.3 Å². The first-order valence-electron chi connectivity index (χ1n) is 11.5. The van der Waals surface area contributed by atoms with Crippen LogP contribution in [-0.2, 0) is 4.74 Å². The van der Waals surface area contributed by atoms with Gasteiger partial charge in [-0.25, -0.2) is 4.79 Å². The van der Waals surface area contributed by atoms with Gasteiger partial charge in [-0.2, -0.15) is 0 Å². The summed E-state index contributed by atoms with van der Waals surface area (Å²) in [5, 5.41) is 6.05. The minimum Gasteiger partial charge on any atom is -0.453 e. The topological polar surface area (TPSA) is 107 Å². The number of ether oxygens (including phenoxy) is 1. The number of amides is 3. The minimum absolute atomic E-state index is 0.0476. The Hall–Kier alpha value is -3.66. The third-order valence-corrected chi connectivity index (χ3v) is 6.11. The number of nitrogens with zero attached hydrogens (tertiary/aromatic N) is 4. The molecule has 2 aliphatic rings. The van der Waals surface area contributed by atoms with Crippen LogP contribution in [-0.4, -0.2) is 92.2 Å². The molecule has 2 fully saturated rings. The molecule has 1 aromatic heterocycles. The molecule has 0 radical (unpaired) electrons. The summed E-state index contributed by atoms with van der Waals surface area (Å²) < 4.78 is 4.80. The van der Waals surface area contributed by atoms with Gasteiger partial charge in [0.2, 0.25) is 0 Å². The van der Waals surface area contributed by atoms with Gasteiger partial charge >= 0.3 is 6.09 Å². The number of benzene rings is 1. The van der Waals surface area contributed by atoms with Crippen molar-refractivity contribution in [3.63, 3.8) is 0 Å². The Balaban J connectivity index is 1.50. The van der Waals surface area contributed by atoms with E-state index in [0.29, 0.717) is 56.1 Å². The first-order chi connectivity index (χ1) is 16.6. The zero-order valence-electron chi connectivity index (χ0n) is 19.3. The average molecular weight is 467 g/mol. The van der Waals surface area contributed by atoms with Crippen molar-refractivity contribution in [2.45, 2.75) is 6.42 Å². The SMILES string of the molecule is COC(=O)Nc1cc(C(=O)N2CCCNCC2)ccc1N1CCN(C(=O)c2cccnc2)CC1. The highest BCUT2D eigenvalue weighted by molar-refractivity contribution is 5.99. The van der Waals surface area contributed by atoms with Crippen molar-refractivity contribution in [3.8, 4) is 0 Å². The molecule has 2 aromatic rings. The molecule has 10 heteroatoms. The molecule has 1 aromatic carbocycles. The number of pyridine rings is 1. The number of piperazine rings is 1. The minimum atomic E-state index is -0.602. The molecule has 0 spiro atoms. The van der Waals surface area contributed by atoms with Gasteiger partial charge in [0.25, 0.3) is 11.8 Å². The lowest BCUT2D eigenvalue weighted by Crippen LogP contribution is -2.49. The Morgan fingerprint density at radius 2 is 1.71 bits per heavy atom. The average Bonchev–Trinajstić information content (AvgIpc) is 3.18. The summed E-state index contributed by atoms with van der Waals surface area (Å²) in [6.07, 6.45) is 3.51. The Kier molecular flexibility index (Phi) is 7.58. The quantitative estimate of drug-likeness (QED) is 0.706. The van der Waals surface area contributed by atoms with Crippen molar-refractivity contribution in [1.82, 2.24) is 20.1 Å². The predicted octanol–water partition coefficient (Wildman–Crippen LogP) is 1.66. The number of anilines is 2. The van der Waals surface area contributed by atoms with Gasteiger partial charge in [-0.3, -0.25) is 19.9 Å². The molecule has 0 aliphatic carbocycles. The van der Waals surface area contributed by atoms with E-state index in [1.165, 1.54) is 7.11 Å². The van der Waals surface area contributed by atoms with Crippen LogP contribution in [0.2, 0.25) is 0 Å². The highest BCUT2D eigenvalue weighted by Crippen LogP contribution is 2.29. The molecule has 34 heavy (non-hydrogen) atoms. The Morgan fingerprint density at radius 1 is 0.941 bits per heavy atom. The van der Waals surface area contributed by atoms with Gasteiger partial charge in [0, 0.05) is 63.8 Å². The largest absolute Gasteiger partial charge is 0.453 e. The molecule has 2 aliphatic heterocycles. The summed E-state index contributed by atoms with van der Waals surface area (Å²) in [6, 6.07) is 8.87. The maximum absolute atomic E-state index is 13.1. The Morgan fingerprint density at radius 3 is 2.44 bits per heavy atom. The van der Waals surface area contributed by atoms with E-state index in [9.17, 15) is 14.4 Å². The monoisotopic (exact) mass is 466 g/mol. The summed E-state index contributed by atoms with van der Waals surface area (Å²) in [6.45, 7) is 5.25. The molecule has 10 nitrogen and oxygen atoms in total. The van der Waals surface area contributed by atoms with Gasteiger partial charge in [-0.15, -0.1) is 0 Å². The summed E-state index contributed by atoms with van der Waals surface area (Å²) in [5.41, 5.74) is 2.38. The molecule has 180 valence electrons. The van der Waals surface area contributed by atoms with Gasteiger partial charge in [-0.1, -0.05) is 0 Å². The fraction of sp³-hybridized carbons (Fsp3) is 0.417. The van der Waals surface area contributed by atoms with Gasteiger partial charge in [0.15, 0.2) is 0 Å². The van der Waals surface area contributed by atoms with Crippen LogP contribution in [0.25, 0.3) is 0 Å². The van der Waals surface area contributed by atoms with E-state index >= 15 is 0 Å². The van der Waals surface area contributed by atoms with E-state index in [1.807, 2.05) is 11.0 Å². The first kappa shape index (κ1) is 23.5. The van der Waals surface area contributed by atoms with E-state index in [1.54, 1.807) is 41.6 Å². The second kappa shape index (κ2) is 11.0. The number of carbonyl (C=O) groups is 3. The number of nitrogens with one attached hydrogen (secondary N) is 2. The number of hydrogen-bond acceptors (Lipinski definition) is 7. The molecule has 3 heterocycles. The number of aromatic nitrogens is 1. The predicted molar refractivity (Wildman–Crippen MR) is 128 cm³/mol. The Bertz CT molecular complexity index is 1020. The van der Waals surface area contributed by atoms with Crippen LogP contribution in [0, 0.1) is 0 Å². The van der Waals surface area contributed by atoms with E-state index in [4.69, 9.17) is 4.74 Å². The normalized spacial score (nSPS) is 16.6. The van der Waals surface area contributed by atoms with Gasteiger partial charge in [-0.05, 0) is 43.3 Å². The number of carbonyl (C=O) groups excluding carboxylic acids is 3. The summed E-state index contributed by atoms with van der Waals surface area (Å²) in [4.78, 5) is 47.6. The first-order valence-corrected chi connectivity index (χ1v) is 11.5. The van der Waals surface area contributed by atoms with Crippen molar-refractivity contribution < 1.29 is 19.1 Å².